The Morgan fingerprint density at radius 3 is 2.50 bits per heavy atom. The molecule has 2 aromatic carbocycles. The fourth-order valence-corrected chi connectivity index (χ4v) is 3.32. The molecule has 3 aromatic heterocycles. The minimum atomic E-state index is -0.366. The van der Waals surface area contributed by atoms with Crippen molar-refractivity contribution in [2.45, 2.75) is 0 Å². The number of pyridine rings is 1. The van der Waals surface area contributed by atoms with Crippen LogP contribution in [-0.2, 0) is 0 Å². The maximum atomic E-state index is 12.8. The first-order valence-electron chi connectivity index (χ1n) is 9.79. The summed E-state index contributed by atoms with van der Waals surface area (Å²) in [4.78, 5) is 43.9. The van der Waals surface area contributed by atoms with E-state index < -0.39 is 0 Å². The summed E-state index contributed by atoms with van der Waals surface area (Å²) in [6.07, 6.45) is 6.35. The first-order chi connectivity index (χ1) is 15.7. The number of fused-ring (bicyclic) bond motifs is 1. The number of hydrogen-bond acceptors (Lipinski definition) is 5. The summed E-state index contributed by atoms with van der Waals surface area (Å²) in [5, 5.41) is 5.42. The Balaban J connectivity index is 1.39. The Kier molecular flexibility index (Phi) is 4.89. The molecular formula is C23H17N7O2. The normalized spacial score (nSPS) is 10.8. The van der Waals surface area contributed by atoms with Crippen molar-refractivity contribution in [1.82, 2.24) is 24.9 Å². The van der Waals surface area contributed by atoms with Crippen molar-refractivity contribution in [3.05, 3.63) is 90.5 Å². The summed E-state index contributed by atoms with van der Waals surface area (Å²) in [5.41, 5.74) is 3.59. The molecule has 156 valence electrons. The van der Waals surface area contributed by atoms with E-state index in [1.165, 1.54) is 6.20 Å². The Bertz CT molecular complexity index is 1410. The van der Waals surface area contributed by atoms with Gasteiger partial charge in [0.05, 0.1) is 16.6 Å². The first-order valence-corrected chi connectivity index (χ1v) is 9.79. The molecule has 0 spiro atoms. The number of nitrogens with one attached hydrogen (secondary N) is 4. The number of nitrogens with zero attached hydrogens (tertiary/aromatic N) is 3. The highest BCUT2D eigenvalue weighted by Crippen LogP contribution is 2.22. The number of aromatic nitrogens is 5. The molecule has 0 fully saturated rings. The van der Waals surface area contributed by atoms with Gasteiger partial charge in [0, 0.05) is 30.4 Å². The van der Waals surface area contributed by atoms with E-state index in [2.05, 4.69) is 35.6 Å². The molecule has 9 nitrogen and oxygen atoms in total. The van der Waals surface area contributed by atoms with E-state index in [0.29, 0.717) is 28.1 Å². The van der Waals surface area contributed by atoms with Crippen molar-refractivity contribution in [2.24, 2.45) is 0 Å². The second-order valence-electron chi connectivity index (χ2n) is 6.96. The molecule has 0 aliphatic rings. The minimum Gasteiger partial charge on any atom is -0.331 e. The number of rotatable bonds is 5. The van der Waals surface area contributed by atoms with Crippen molar-refractivity contribution < 1.29 is 9.59 Å². The Hall–Kier alpha value is -4.79. The van der Waals surface area contributed by atoms with Crippen LogP contribution in [0.15, 0.2) is 79.4 Å². The summed E-state index contributed by atoms with van der Waals surface area (Å²) in [7, 11) is 0. The van der Waals surface area contributed by atoms with Gasteiger partial charge in [-0.2, -0.15) is 0 Å². The van der Waals surface area contributed by atoms with Gasteiger partial charge in [0.25, 0.3) is 11.8 Å². The molecule has 0 aliphatic heterocycles. The topological polar surface area (TPSA) is 128 Å². The zero-order valence-electron chi connectivity index (χ0n) is 16.7. The van der Waals surface area contributed by atoms with Crippen LogP contribution in [0.2, 0.25) is 0 Å². The maximum Gasteiger partial charge on any atom is 0.260 e. The van der Waals surface area contributed by atoms with Gasteiger partial charge >= 0.3 is 0 Å². The molecule has 0 unspecified atom stereocenters. The number of carbonyl (C=O) groups excluding carboxylic acids is 2. The van der Waals surface area contributed by atoms with Gasteiger partial charge in [-0.1, -0.05) is 36.4 Å². The molecule has 0 saturated carbocycles. The van der Waals surface area contributed by atoms with Crippen molar-refractivity contribution >= 4 is 34.7 Å². The van der Waals surface area contributed by atoms with Gasteiger partial charge in [-0.3, -0.25) is 25.2 Å². The first kappa shape index (κ1) is 19.2. The third-order valence-electron chi connectivity index (χ3n) is 4.83. The monoisotopic (exact) mass is 423 g/mol. The second kappa shape index (κ2) is 8.15. The molecule has 9 heteroatoms. The van der Waals surface area contributed by atoms with Crippen molar-refractivity contribution in [2.75, 3.05) is 10.6 Å². The zero-order valence-corrected chi connectivity index (χ0v) is 16.7. The third kappa shape index (κ3) is 3.82. The highest BCUT2D eigenvalue weighted by Gasteiger charge is 2.16. The summed E-state index contributed by atoms with van der Waals surface area (Å²) >= 11 is 0. The number of carbonyl (C=O) groups is 2. The molecule has 5 rings (SSSR count). The van der Waals surface area contributed by atoms with Gasteiger partial charge in [0.15, 0.2) is 0 Å². The van der Waals surface area contributed by atoms with Gasteiger partial charge in [-0.05, 0) is 23.8 Å². The zero-order chi connectivity index (χ0) is 21.9. The highest BCUT2D eigenvalue weighted by atomic mass is 16.2. The van der Waals surface area contributed by atoms with Crippen molar-refractivity contribution in [3.63, 3.8) is 0 Å². The van der Waals surface area contributed by atoms with Crippen LogP contribution in [0, 0.1) is 0 Å². The number of para-hydroxylation sites is 1. The Morgan fingerprint density at radius 2 is 1.69 bits per heavy atom. The largest absolute Gasteiger partial charge is 0.331 e. The van der Waals surface area contributed by atoms with E-state index in [9.17, 15) is 9.59 Å². The SMILES string of the molecule is O=C(Nc1nc2c(C(=O)Nc3ncc[nH]3)cccc2[nH]1)c1cncc(-c2ccccc2)c1. The number of benzene rings is 2. The summed E-state index contributed by atoms with van der Waals surface area (Å²) in [6.45, 7) is 0. The van der Waals surface area contributed by atoms with Gasteiger partial charge in [-0.15, -0.1) is 0 Å². The Morgan fingerprint density at radius 1 is 0.844 bits per heavy atom. The van der Waals surface area contributed by atoms with Crippen molar-refractivity contribution in [3.8, 4) is 11.1 Å². The number of amides is 2. The fourth-order valence-electron chi connectivity index (χ4n) is 3.32. The van der Waals surface area contributed by atoms with Gasteiger partial charge in [0.1, 0.15) is 5.52 Å². The third-order valence-corrected chi connectivity index (χ3v) is 4.83. The number of imidazole rings is 2. The molecule has 32 heavy (non-hydrogen) atoms. The molecule has 3 heterocycles. The van der Waals surface area contributed by atoms with Crippen LogP contribution in [0.1, 0.15) is 20.7 Å². The number of hydrogen-bond donors (Lipinski definition) is 4. The molecule has 5 aromatic rings. The van der Waals surface area contributed by atoms with Gasteiger partial charge < -0.3 is 9.97 Å². The minimum absolute atomic E-state index is 0.230. The molecule has 0 radical (unpaired) electrons. The fraction of sp³-hybridized carbons (Fsp3) is 0. The lowest BCUT2D eigenvalue weighted by Crippen LogP contribution is -2.14. The van der Waals surface area contributed by atoms with Gasteiger partial charge in [-0.25, -0.2) is 9.97 Å². The second-order valence-corrected chi connectivity index (χ2v) is 6.96. The van der Waals surface area contributed by atoms with E-state index in [1.54, 1.807) is 42.9 Å². The molecular weight excluding hydrogens is 406 g/mol. The van der Waals surface area contributed by atoms with E-state index in [-0.39, 0.29) is 17.8 Å². The van der Waals surface area contributed by atoms with Crippen LogP contribution in [0.4, 0.5) is 11.9 Å². The average molecular weight is 423 g/mol. The number of aromatic amines is 2. The summed E-state index contributed by atoms with van der Waals surface area (Å²) in [5.74, 6) is -0.166. The lowest BCUT2D eigenvalue weighted by molar-refractivity contribution is 0.101. The van der Waals surface area contributed by atoms with Gasteiger partial charge in [0.2, 0.25) is 11.9 Å². The van der Waals surface area contributed by atoms with Crippen LogP contribution in [-0.4, -0.2) is 36.7 Å². The smallest absolute Gasteiger partial charge is 0.260 e. The standard InChI is InChI=1S/C23H17N7O2/c31-20(16-11-15(12-24-13-16)14-5-2-1-3-6-14)29-23-27-18-8-4-7-17(19(18)28-23)21(32)30-22-25-9-10-26-22/h1-13H,(H2,25,26,30,32)(H2,27,28,29,31). The summed E-state index contributed by atoms with van der Waals surface area (Å²) < 4.78 is 0. The Labute approximate surface area is 182 Å². The molecule has 0 aliphatic carbocycles. The van der Waals surface area contributed by atoms with E-state index >= 15 is 0 Å². The van der Waals surface area contributed by atoms with Crippen molar-refractivity contribution in [1.29, 1.82) is 0 Å². The van der Waals surface area contributed by atoms with Crippen LogP contribution in [0.3, 0.4) is 0 Å². The highest BCUT2D eigenvalue weighted by molar-refractivity contribution is 6.11. The lowest BCUT2D eigenvalue weighted by Gasteiger charge is -2.05. The van der Waals surface area contributed by atoms with Crippen LogP contribution in [0.5, 0.6) is 0 Å². The predicted molar refractivity (Wildman–Crippen MR) is 120 cm³/mol. The van der Waals surface area contributed by atoms with E-state index in [1.807, 2.05) is 30.3 Å². The lowest BCUT2D eigenvalue weighted by atomic mass is 10.1. The molecule has 0 saturated heterocycles. The van der Waals surface area contributed by atoms with Crippen LogP contribution >= 0.6 is 0 Å². The van der Waals surface area contributed by atoms with Crippen LogP contribution in [0.25, 0.3) is 22.2 Å². The molecule has 0 atom stereocenters. The quantitative estimate of drug-likeness (QED) is 0.341. The molecule has 4 N–H and O–H groups in total. The average Bonchev–Trinajstić information content (AvgIpc) is 3.48. The molecule has 2 amide bonds. The summed E-state index contributed by atoms with van der Waals surface area (Å²) in [6, 6.07) is 16.6. The molecule has 0 bridgehead atoms. The van der Waals surface area contributed by atoms with E-state index in [4.69, 9.17) is 0 Å². The predicted octanol–water partition coefficient (Wildman–Crippen LogP) is 3.85. The maximum absolute atomic E-state index is 12.8. The number of anilines is 2. The van der Waals surface area contributed by atoms with Crippen LogP contribution < -0.4 is 10.6 Å². The van der Waals surface area contributed by atoms with E-state index in [0.717, 1.165) is 11.1 Å². The number of H-pyrrole nitrogens is 2.